The number of fused-ring (bicyclic) bond motifs is 5. The molecule has 0 N–H and O–H groups in total. The first-order valence-corrected chi connectivity index (χ1v) is 12.4. The fourth-order valence-corrected chi connectivity index (χ4v) is 7.26. The number of imide groups is 1. The normalized spacial score (nSPS) is 32.5. The molecule has 3 fully saturated rings. The summed E-state index contributed by atoms with van der Waals surface area (Å²) in [4.78, 5) is 53.2. The third kappa shape index (κ3) is 3.78. The molecule has 0 spiro atoms. The molecular weight excluding hydrogens is 554 g/mol. The number of ketones is 1. The molecule has 3 aliphatic rings. The van der Waals surface area contributed by atoms with E-state index in [2.05, 4.69) is 31.9 Å². The highest BCUT2D eigenvalue weighted by molar-refractivity contribution is 9.12. The first-order valence-electron chi connectivity index (χ1n) is 10.2. The molecule has 1 saturated heterocycles. The Balaban J connectivity index is 1.49. The standard InChI is InChI=1S/C22H22Br2ClNO5/c1-9(2)19(22(30)31-8-14(27)10-3-5-11(25)6-4-10)26-20(28)15-12-7-13(16(15)21(26)29)18(24)17(12)23/h3-6,9,12-13,15-19H,7-8H2,1-2H3/t12-,13-,15-,16+,17-,18+,19-/m1/s1. The lowest BCUT2D eigenvalue weighted by Gasteiger charge is -2.28. The summed E-state index contributed by atoms with van der Waals surface area (Å²) < 4.78 is 5.27. The van der Waals surface area contributed by atoms with Crippen LogP contribution >= 0.6 is 43.5 Å². The maximum Gasteiger partial charge on any atom is 0.330 e. The lowest BCUT2D eigenvalue weighted by Crippen LogP contribution is -2.50. The summed E-state index contributed by atoms with van der Waals surface area (Å²) in [6.45, 7) is 3.05. The SMILES string of the molecule is CC(C)[C@H](C(=O)OCC(=O)c1ccc(Cl)cc1)N1C(=O)[C@@H]2[C@H]3C[C@@H]([C@H](Br)[C@@H]3Br)[C@@H]2C1=O. The summed E-state index contributed by atoms with van der Waals surface area (Å²) in [5.74, 6) is -2.74. The van der Waals surface area contributed by atoms with Crippen LogP contribution in [0.1, 0.15) is 30.6 Å². The molecular formula is C22H22Br2ClNO5. The Hall–Kier alpha value is -1.25. The smallest absolute Gasteiger partial charge is 0.330 e. The molecule has 7 atom stereocenters. The number of carbonyl (C=O) groups is 4. The largest absolute Gasteiger partial charge is 0.456 e. The van der Waals surface area contributed by atoms with Gasteiger partial charge >= 0.3 is 5.97 Å². The third-order valence-corrected chi connectivity index (χ3v) is 10.1. The van der Waals surface area contributed by atoms with Gasteiger partial charge in [0.2, 0.25) is 11.8 Å². The van der Waals surface area contributed by atoms with Gasteiger partial charge in [0, 0.05) is 20.2 Å². The maximum atomic E-state index is 13.3. The second-order valence-electron chi connectivity index (χ2n) is 8.78. The number of Topliss-reactive ketones (excluding diaryl/α,β-unsaturated/α-hetero) is 1. The van der Waals surface area contributed by atoms with Crippen molar-refractivity contribution in [3.63, 3.8) is 0 Å². The van der Waals surface area contributed by atoms with E-state index < -0.39 is 30.5 Å². The van der Waals surface area contributed by atoms with Crippen molar-refractivity contribution in [1.29, 1.82) is 0 Å². The second kappa shape index (κ2) is 8.60. The van der Waals surface area contributed by atoms with Crippen LogP contribution in [0.5, 0.6) is 0 Å². The van der Waals surface area contributed by atoms with E-state index in [1.54, 1.807) is 38.1 Å². The molecule has 1 heterocycles. The number of nitrogens with zero attached hydrogens (tertiary/aromatic N) is 1. The van der Waals surface area contributed by atoms with Crippen LogP contribution in [0.15, 0.2) is 24.3 Å². The number of rotatable bonds is 6. The Bertz CT molecular complexity index is 904. The first-order chi connectivity index (χ1) is 14.6. The quantitative estimate of drug-likeness (QED) is 0.223. The predicted molar refractivity (Wildman–Crippen MR) is 121 cm³/mol. The molecule has 1 aromatic carbocycles. The summed E-state index contributed by atoms with van der Waals surface area (Å²) in [7, 11) is 0. The van der Waals surface area contributed by atoms with E-state index >= 15 is 0 Å². The summed E-state index contributed by atoms with van der Waals surface area (Å²) in [6, 6.07) is 5.21. The number of hydrogen-bond donors (Lipinski definition) is 0. The molecule has 2 amide bonds. The minimum Gasteiger partial charge on any atom is -0.456 e. The number of amides is 2. The molecule has 2 aliphatic carbocycles. The van der Waals surface area contributed by atoms with Gasteiger partial charge in [0.1, 0.15) is 6.04 Å². The number of benzene rings is 1. The highest BCUT2D eigenvalue weighted by Crippen LogP contribution is 2.60. The third-order valence-electron chi connectivity index (χ3n) is 6.68. The van der Waals surface area contributed by atoms with Crippen LogP contribution in [0.25, 0.3) is 0 Å². The van der Waals surface area contributed by atoms with E-state index in [-0.39, 0.29) is 45.0 Å². The van der Waals surface area contributed by atoms with E-state index in [1.165, 1.54) is 0 Å². The average molecular weight is 576 g/mol. The number of hydrogen-bond acceptors (Lipinski definition) is 5. The topological polar surface area (TPSA) is 80.8 Å². The highest BCUT2D eigenvalue weighted by Gasteiger charge is 2.67. The van der Waals surface area contributed by atoms with E-state index in [9.17, 15) is 19.2 Å². The lowest BCUT2D eigenvalue weighted by molar-refractivity contribution is -0.160. The van der Waals surface area contributed by atoms with Crippen LogP contribution in [-0.2, 0) is 19.1 Å². The van der Waals surface area contributed by atoms with Gasteiger partial charge in [-0.2, -0.15) is 0 Å². The summed E-state index contributed by atoms with van der Waals surface area (Å²) in [5, 5.41) is 0.496. The Labute approximate surface area is 202 Å². The van der Waals surface area contributed by atoms with Crippen LogP contribution in [0, 0.1) is 29.6 Å². The number of esters is 1. The van der Waals surface area contributed by atoms with Crippen molar-refractivity contribution in [2.24, 2.45) is 29.6 Å². The second-order valence-corrected chi connectivity index (χ2v) is 11.3. The predicted octanol–water partition coefficient (Wildman–Crippen LogP) is 3.87. The lowest BCUT2D eigenvalue weighted by atomic mass is 9.81. The van der Waals surface area contributed by atoms with Crippen molar-refractivity contribution in [3.8, 4) is 0 Å². The zero-order chi connectivity index (χ0) is 22.6. The zero-order valence-electron chi connectivity index (χ0n) is 17.0. The molecule has 2 saturated carbocycles. The Morgan fingerprint density at radius 2 is 1.58 bits per heavy atom. The van der Waals surface area contributed by atoms with E-state index in [1.807, 2.05) is 0 Å². The Morgan fingerprint density at radius 1 is 1.06 bits per heavy atom. The molecule has 1 aliphatic heterocycles. The first kappa shape index (κ1) is 22.9. The van der Waals surface area contributed by atoms with E-state index in [0.29, 0.717) is 10.6 Å². The molecule has 2 bridgehead atoms. The molecule has 0 unspecified atom stereocenters. The number of ether oxygens (including phenoxy) is 1. The maximum absolute atomic E-state index is 13.3. The van der Waals surface area contributed by atoms with Gasteiger partial charge in [0.25, 0.3) is 0 Å². The van der Waals surface area contributed by atoms with Gasteiger partial charge in [-0.05, 0) is 48.4 Å². The van der Waals surface area contributed by atoms with Crippen molar-refractivity contribution in [2.45, 2.75) is 36.0 Å². The minimum absolute atomic E-state index is 0.0659. The number of alkyl halides is 2. The Kier molecular flexibility index (Phi) is 6.36. The summed E-state index contributed by atoms with van der Waals surface area (Å²) in [5.41, 5.74) is 0.365. The van der Waals surface area contributed by atoms with Crippen LogP contribution < -0.4 is 0 Å². The van der Waals surface area contributed by atoms with Gasteiger partial charge in [0.05, 0.1) is 11.8 Å². The fourth-order valence-electron chi connectivity index (χ4n) is 5.26. The van der Waals surface area contributed by atoms with Crippen LogP contribution in [0.2, 0.25) is 5.02 Å². The van der Waals surface area contributed by atoms with Gasteiger partial charge in [0.15, 0.2) is 12.4 Å². The Morgan fingerprint density at radius 3 is 2.06 bits per heavy atom. The van der Waals surface area contributed by atoms with Crippen molar-refractivity contribution in [2.75, 3.05) is 6.61 Å². The van der Waals surface area contributed by atoms with Crippen molar-refractivity contribution in [1.82, 2.24) is 4.90 Å². The molecule has 9 heteroatoms. The van der Waals surface area contributed by atoms with Crippen LogP contribution in [0.3, 0.4) is 0 Å². The van der Waals surface area contributed by atoms with Crippen LogP contribution in [0.4, 0.5) is 0 Å². The van der Waals surface area contributed by atoms with Crippen molar-refractivity contribution >= 4 is 67.0 Å². The van der Waals surface area contributed by atoms with Gasteiger partial charge in [-0.3, -0.25) is 19.3 Å². The number of halogens is 3. The summed E-state index contributed by atoms with van der Waals surface area (Å²) >= 11 is 13.2. The zero-order valence-corrected chi connectivity index (χ0v) is 20.9. The van der Waals surface area contributed by atoms with Gasteiger partial charge < -0.3 is 4.74 Å². The highest BCUT2D eigenvalue weighted by atomic mass is 79.9. The van der Waals surface area contributed by atoms with Gasteiger partial charge in [-0.15, -0.1) is 0 Å². The molecule has 0 aromatic heterocycles. The van der Waals surface area contributed by atoms with Gasteiger partial charge in [-0.25, -0.2) is 4.79 Å². The number of carbonyl (C=O) groups excluding carboxylic acids is 4. The molecule has 166 valence electrons. The number of likely N-dealkylation sites (tertiary alicyclic amines) is 1. The molecule has 6 nitrogen and oxygen atoms in total. The molecule has 31 heavy (non-hydrogen) atoms. The van der Waals surface area contributed by atoms with E-state index in [4.69, 9.17) is 16.3 Å². The monoisotopic (exact) mass is 573 g/mol. The minimum atomic E-state index is -1.05. The van der Waals surface area contributed by atoms with Crippen molar-refractivity contribution < 1.29 is 23.9 Å². The summed E-state index contributed by atoms with van der Waals surface area (Å²) in [6.07, 6.45) is 0.818. The van der Waals surface area contributed by atoms with Crippen LogP contribution in [-0.4, -0.2) is 50.8 Å². The molecule has 1 aromatic rings. The molecule has 0 radical (unpaired) electrons. The van der Waals surface area contributed by atoms with E-state index in [0.717, 1.165) is 11.3 Å². The molecule has 4 rings (SSSR count). The fraction of sp³-hybridized carbons (Fsp3) is 0.545. The average Bonchev–Trinajstić information content (AvgIpc) is 3.33. The van der Waals surface area contributed by atoms with Crippen molar-refractivity contribution in [3.05, 3.63) is 34.9 Å². The van der Waals surface area contributed by atoms with Gasteiger partial charge in [-0.1, -0.05) is 57.3 Å².